The molecule has 0 unspecified atom stereocenters. The second-order valence-corrected chi connectivity index (χ2v) is 5.47. The summed E-state index contributed by atoms with van der Waals surface area (Å²) < 4.78 is 4.80. The molecule has 1 aromatic carbocycles. The minimum absolute atomic E-state index is 0.00771. The maximum absolute atomic E-state index is 11.9. The van der Waals surface area contributed by atoms with Crippen LogP contribution in [0.4, 0.5) is 0 Å². The lowest BCUT2D eigenvalue weighted by atomic mass is 10.0. The van der Waals surface area contributed by atoms with Crippen molar-refractivity contribution in [2.45, 2.75) is 32.1 Å². The topological polar surface area (TPSA) is 105 Å². The SMILES string of the molecule is C#CC1=C(NC(=O)CCCCc2ccc(C(=N)N)cc2)CC(=O)O1. The average molecular weight is 325 g/mol. The Morgan fingerprint density at radius 3 is 2.67 bits per heavy atom. The van der Waals surface area contributed by atoms with E-state index in [0.717, 1.165) is 18.4 Å². The van der Waals surface area contributed by atoms with Crippen molar-refractivity contribution in [1.29, 1.82) is 5.41 Å². The predicted octanol–water partition coefficient (Wildman–Crippen LogP) is 1.59. The standard InChI is InChI=1S/C18H19N3O3/c1-2-15-14(11-17(23)24-15)21-16(22)6-4-3-5-12-7-9-13(10-8-12)18(19)20/h1,7-10H,3-6,11H2,(H3,19,20)(H,21,22). The summed E-state index contributed by atoms with van der Waals surface area (Å²) in [6.45, 7) is 0. The summed E-state index contributed by atoms with van der Waals surface area (Å²) in [7, 11) is 0. The molecule has 6 nitrogen and oxygen atoms in total. The summed E-state index contributed by atoms with van der Waals surface area (Å²) in [5.74, 6) is 1.76. The summed E-state index contributed by atoms with van der Waals surface area (Å²) in [5, 5.41) is 9.98. The third-order valence-electron chi connectivity index (χ3n) is 3.62. The van der Waals surface area contributed by atoms with E-state index in [1.807, 2.05) is 24.3 Å². The molecule has 0 aliphatic carbocycles. The highest BCUT2D eigenvalue weighted by Crippen LogP contribution is 2.17. The summed E-state index contributed by atoms with van der Waals surface area (Å²) >= 11 is 0. The fourth-order valence-electron chi connectivity index (χ4n) is 2.35. The van der Waals surface area contributed by atoms with E-state index in [-0.39, 0.29) is 23.9 Å². The van der Waals surface area contributed by atoms with Crippen LogP contribution >= 0.6 is 0 Å². The van der Waals surface area contributed by atoms with Gasteiger partial charge in [0.1, 0.15) is 5.84 Å². The third kappa shape index (κ3) is 4.71. The van der Waals surface area contributed by atoms with Crippen molar-refractivity contribution in [1.82, 2.24) is 5.32 Å². The zero-order chi connectivity index (χ0) is 17.5. The van der Waals surface area contributed by atoms with Gasteiger partial charge in [0, 0.05) is 12.0 Å². The van der Waals surface area contributed by atoms with Crippen LogP contribution in [-0.2, 0) is 20.7 Å². The molecule has 0 bridgehead atoms. The monoisotopic (exact) mass is 325 g/mol. The van der Waals surface area contributed by atoms with Gasteiger partial charge in [-0.3, -0.25) is 15.0 Å². The lowest BCUT2D eigenvalue weighted by Crippen LogP contribution is -2.22. The number of aryl methyl sites for hydroxylation is 1. The largest absolute Gasteiger partial charge is 0.415 e. The van der Waals surface area contributed by atoms with Gasteiger partial charge in [-0.05, 0) is 30.7 Å². The van der Waals surface area contributed by atoms with Crippen LogP contribution in [0.15, 0.2) is 35.7 Å². The Morgan fingerprint density at radius 2 is 2.04 bits per heavy atom. The maximum atomic E-state index is 11.9. The molecule has 4 N–H and O–H groups in total. The summed E-state index contributed by atoms with van der Waals surface area (Å²) in [4.78, 5) is 23.0. The number of allylic oxidation sites excluding steroid dienone is 1. The number of hydrogen-bond acceptors (Lipinski definition) is 4. The minimum atomic E-state index is -0.452. The van der Waals surface area contributed by atoms with Crippen molar-refractivity contribution in [3.63, 3.8) is 0 Å². The minimum Gasteiger partial charge on any atom is -0.415 e. The number of benzene rings is 1. The Hall–Kier alpha value is -3.07. The van der Waals surface area contributed by atoms with Crippen molar-refractivity contribution in [3.8, 4) is 12.3 Å². The van der Waals surface area contributed by atoms with Crippen LogP contribution in [0.25, 0.3) is 0 Å². The smallest absolute Gasteiger partial charge is 0.318 e. The second-order valence-electron chi connectivity index (χ2n) is 5.47. The third-order valence-corrected chi connectivity index (χ3v) is 3.62. The van der Waals surface area contributed by atoms with Crippen molar-refractivity contribution >= 4 is 17.7 Å². The molecule has 0 atom stereocenters. The Bertz CT molecular complexity index is 727. The zero-order valence-electron chi connectivity index (χ0n) is 13.2. The van der Waals surface area contributed by atoms with Crippen LogP contribution in [0, 0.1) is 17.8 Å². The van der Waals surface area contributed by atoms with E-state index in [2.05, 4.69) is 11.2 Å². The van der Waals surface area contributed by atoms with Crippen LogP contribution in [0.1, 0.15) is 36.8 Å². The number of unbranched alkanes of at least 4 members (excludes halogenated alkanes) is 1. The number of terminal acetylenes is 1. The Kier molecular flexibility index (Phi) is 5.74. The molecule has 0 saturated heterocycles. The normalized spacial score (nSPS) is 13.4. The molecule has 0 fully saturated rings. The Labute approximate surface area is 140 Å². The summed E-state index contributed by atoms with van der Waals surface area (Å²) in [6, 6.07) is 7.50. The van der Waals surface area contributed by atoms with Crippen molar-refractivity contribution in [2.24, 2.45) is 5.73 Å². The number of esters is 1. The molecule has 24 heavy (non-hydrogen) atoms. The number of nitrogens with one attached hydrogen (secondary N) is 2. The van der Waals surface area contributed by atoms with E-state index in [1.54, 1.807) is 0 Å². The number of amides is 1. The van der Waals surface area contributed by atoms with Gasteiger partial charge < -0.3 is 15.8 Å². The quantitative estimate of drug-likeness (QED) is 0.233. The predicted molar refractivity (Wildman–Crippen MR) is 89.7 cm³/mol. The molecule has 0 spiro atoms. The van der Waals surface area contributed by atoms with E-state index in [1.165, 1.54) is 0 Å². The first kappa shape index (κ1) is 17.3. The summed E-state index contributed by atoms with van der Waals surface area (Å²) in [6.07, 6.45) is 7.98. The van der Waals surface area contributed by atoms with Crippen LogP contribution in [-0.4, -0.2) is 17.7 Å². The van der Waals surface area contributed by atoms with Crippen LogP contribution in [0.5, 0.6) is 0 Å². The van der Waals surface area contributed by atoms with Gasteiger partial charge in [-0.2, -0.15) is 0 Å². The second kappa shape index (κ2) is 7.97. The molecule has 1 amide bonds. The van der Waals surface area contributed by atoms with Gasteiger partial charge in [0.2, 0.25) is 11.7 Å². The van der Waals surface area contributed by atoms with Crippen LogP contribution in [0.2, 0.25) is 0 Å². The molecule has 1 heterocycles. The number of amidine groups is 1. The van der Waals surface area contributed by atoms with E-state index in [9.17, 15) is 9.59 Å². The van der Waals surface area contributed by atoms with Crippen molar-refractivity contribution in [2.75, 3.05) is 0 Å². The molecule has 124 valence electrons. The average Bonchev–Trinajstić information content (AvgIpc) is 2.91. The van der Waals surface area contributed by atoms with Gasteiger partial charge in [-0.25, -0.2) is 0 Å². The molecule has 6 heteroatoms. The highest BCUT2D eigenvalue weighted by Gasteiger charge is 2.23. The number of rotatable bonds is 7. The molecule has 0 radical (unpaired) electrons. The van der Waals surface area contributed by atoms with Gasteiger partial charge in [0.25, 0.3) is 0 Å². The molecule has 1 aliphatic rings. The fourth-order valence-corrected chi connectivity index (χ4v) is 2.35. The number of cyclic esters (lactones) is 1. The van der Waals surface area contributed by atoms with Crippen LogP contribution < -0.4 is 11.1 Å². The lowest BCUT2D eigenvalue weighted by Gasteiger charge is -2.05. The van der Waals surface area contributed by atoms with Gasteiger partial charge in [0.05, 0.1) is 12.1 Å². The number of hydrogen-bond donors (Lipinski definition) is 3. The molecule has 2 rings (SSSR count). The van der Waals surface area contributed by atoms with E-state index >= 15 is 0 Å². The number of nitrogens with two attached hydrogens (primary N) is 1. The molecular weight excluding hydrogens is 306 g/mol. The first-order valence-electron chi connectivity index (χ1n) is 7.63. The lowest BCUT2D eigenvalue weighted by molar-refractivity contribution is -0.136. The first-order valence-corrected chi connectivity index (χ1v) is 7.63. The molecule has 1 aliphatic heterocycles. The zero-order valence-corrected chi connectivity index (χ0v) is 13.2. The van der Waals surface area contributed by atoms with Crippen molar-refractivity contribution < 1.29 is 14.3 Å². The van der Waals surface area contributed by atoms with E-state index in [0.29, 0.717) is 24.1 Å². The van der Waals surface area contributed by atoms with E-state index < -0.39 is 5.97 Å². The molecule has 1 aromatic rings. The number of ether oxygens (including phenoxy) is 1. The van der Waals surface area contributed by atoms with Crippen LogP contribution in [0.3, 0.4) is 0 Å². The number of carbonyl (C=O) groups excluding carboxylic acids is 2. The number of nitrogen functional groups attached to an aromatic ring is 1. The van der Waals surface area contributed by atoms with Gasteiger partial charge in [0.15, 0.2) is 0 Å². The maximum Gasteiger partial charge on any atom is 0.318 e. The van der Waals surface area contributed by atoms with Gasteiger partial charge >= 0.3 is 5.97 Å². The van der Waals surface area contributed by atoms with E-state index in [4.69, 9.17) is 22.3 Å². The van der Waals surface area contributed by atoms with Gasteiger partial charge in [-0.1, -0.05) is 24.3 Å². The molecule has 0 saturated carbocycles. The van der Waals surface area contributed by atoms with Gasteiger partial charge in [-0.15, -0.1) is 6.42 Å². The fraction of sp³-hybridized carbons (Fsp3) is 0.278. The van der Waals surface area contributed by atoms with Crippen molar-refractivity contribution in [3.05, 3.63) is 46.8 Å². The number of carbonyl (C=O) groups is 2. The first-order chi connectivity index (χ1) is 11.5. The Morgan fingerprint density at radius 1 is 1.33 bits per heavy atom. The Balaban J connectivity index is 1.72. The summed E-state index contributed by atoms with van der Waals surface area (Å²) in [5.41, 5.74) is 7.61. The highest BCUT2D eigenvalue weighted by molar-refractivity contribution is 5.94. The molecular formula is C18H19N3O3. The highest BCUT2D eigenvalue weighted by atomic mass is 16.5. The molecule has 0 aromatic heterocycles.